The number of pyridine rings is 1. The molecule has 0 fully saturated rings. The van der Waals surface area contributed by atoms with Gasteiger partial charge >= 0.3 is 5.97 Å². The maximum absolute atomic E-state index is 13.4. The Morgan fingerprint density at radius 2 is 2.08 bits per heavy atom. The minimum Gasteiger partial charge on any atom is -0.480 e. The second-order valence-electron chi connectivity index (χ2n) is 9.67. The molecule has 204 valence electrons. The second kappa shape index (κ2) is 14.0. The molecule has 3 heterocycles. The molecule has 0 saturated carbocycles. The molecular weight excluding hydrogens is 487 g/mol. The van der Waals surface area contributed by atoms with Gasteiger partial charge in [-0.15, -0.1) is 0 Å². The fraction of sp³-hybridized carbons (Fsp3) is 0.500. The van der Waals surface area contributed by atoms with Gasteiger partial charge in [-0.2, -0.15) is 0 Å². The summed E-state index contributed by atoms with van der Waals surface area (Å²) < 4.78 is 18.7. The number of fused-ring (bicyclic) bond motifs is 2. The zero-order valence-corrected chi connectivity index (χ0v) is 21.9. The number of hydrogen-bond donors (Lipinski definition) is 3. The van der Waals surface area contributed by atoms with Crippen molar-refractivity contribution in [2.45, 2.75) is 50.7 Å². The molecule has 0 saturated heterocycles. The van der Waals surface area contributed by atoms with Crippen LogP contribution in [0.2, 0.25) is 0 Å². The van der Waals surface area contributed by atoms with Crippen LogP contribution in [0.4, 0.5) is 16.0 Å². The number of benzene rings is 1. The van der Waals surface area contributed by atoms with Crippen LogP contribution in [0, 0.1) is 0 Å². The quantitative estimate of drug-likeness (QED) is 0.254. The fourth-order valence-electron chi connectivity index (χ4n) is 4.77. The number of aryl methyl sites for hydroxylation is 2. The van der Waals surface area contributed by atoms with Crippen LogP contribution in [-0.4, -0.2) is 83.0 Å². The summed E-state index contributed by atoms with van der Waals surface area (Å²) in [7, 11) is 1.50. The van der Waals surface area contributed by atoms with Gasteiger partial charge < -0.3 is 25.4 Å². The predicted molar refractivity (Wildman–Crippen MR) is 146 cm³/mol. The van der Waals surface area contributed by atoms with E-state index in [-0.39, 0.29) is 0 Å². The molecule has 0 aliphatic carbocycles. The van der Waals surface area contributed by atoms with Crippen LogP contribution in [0.25, 0.3) is 10.9 Å². The lowest BCUT2D eigenvalue weighted by atomic mass is 10.1. The molecule has 2 atom stereocenters. The normalized spacial score (nSPS) is 14.6. The van der Waals surface area contributed by atoms with Crippen LogP contribution in [0.3, 0.4) is 0 Å². The lowest BCUT2D eigenvalue weighted by Gasteiger charge is -2.27. The van der Waals surface area contributed by atoms with E-state index in [2.05, 4.69) is 37.6 Å². The van der Waals surface area contributed by atoms with Gasteiger partial charge in [0.25, 0.3) is 0 Å². The zero-order valence-electron chi connectivity index (χ0n) is 21.9. The molecule has 9 nitrogen and oxygen atoms in total. The van der Waals surface area contributed by atoms with Gasteiger partial charge in [-0.25, -0.2) is 24.1 Å². The molecule has 3 N–H and O–H groups in total. The van der Waals surface area contributed by atoms with Crippen LogP contribution in [0.15, 0.2) is 42.7 Å². The molecule has 0 amide bonds. The first kappa shape index (κ1) is 27.7. The SMILES string of the molecule is CO[C@H](CF)CN(CCCCc1ccc2c(n1)NCCC2)CC[C@H](Nc1ncnc2ccccc12)C(=O)O. The summed E-state index contributed by atoms with van der Waals surface area (Å²) in [5, 5.41) is 17.1. The van der Waals surface area contributed by atoms with Crippen LogP contribution >= 0.6 is 0 Å². The van der Waals surface area contributed by atoms with Gasteiger partial charge in [0.05, 0.1) is 11.6 Å². The van der Waals surface area contributed by atoms with E-state index in [1.54, 1.807) is 0 Å². The second-order valence-corrected chi connectivity index (χ2v) is 9.67. The molecule has 10 heteroatoms. The minimum absolute atomic E-state index is 0.328. The van der Waals surface area contributed by atoms with Crippen molar-refractivity contribution in [1.29, 1.82) is 0 Å². The summed E-state index contributed by atoms with van der Waals surface area (Å²) in [6.45, 7) is 1.97. The number of anilines is 2. The van der Waals surface area contributed by atoms with Gasteiger partial charge in [0, 0.05) is 37.8 Å². The predicted octanol–water partition coefficient (Wildman–Crippen LogP) is 3.95. The monoisotopic (exact) mass is 524 g/mol. The van der Waals surface area contributed by atoms with Crippen LogP contribution in [0.5, 0.6) is 0 Å². The topological polar surface area (TPSA) is 113 Å². The van der Waals surface area contributed by atoms with E-state index in [0.29, 0.717) is 31.9 Å². The Kier molecular flexibility index (Phi) is 10.2. The first-order valence-electron chi connectivity index (χ1n) is 13.3. The number of carboxylic acids is 1. The maximum Gasteiger partial charge on any atom is 0.326 e. The van der Waals surface area contributed by atoms with Gasteiger partial charge in [-0.3, -0.25) is 0 Å². The van der Waals surface area contributed by atoms with E-state index in [1.807, 2.05) is 24.3 Å². The molecule has 0 unspecified atom stereocenters. The van der Waals surface area contributed by atoms with E-state index in [1.165, 1.54) is 19.0 Å². The number of nitrogens with zero attached hydrogens (tertiary/aromatic N) is 4. The first-order chi connectivity index (χ1) is 18.6. The maximum atomic E-state index is 13.4. The lowest BCUT2D eigenvalue weighted by molar-refractivity contribution is -0.138. The van der Waals surface area contributed by atoms with Crippen molar-refractivity contribution in [3.63, 3.8) is 0 Å². The number of rotatable bonds is 15. The number of hydrogen-bond acceptors (Lipinski definition) is 8. The molecule has 1 aliphatic rings. The van der Waals surface area contributed by atoms with Crippen LogP contribution in [-0.2, 0) is 22.4 Å². The number of carbonyl (C=O) groups is 1. The van der Waals surface area contributed by atoms with Crippen molar-refractivity contribution in [1.82, 2.24) is 19.9 Å². The Balaban J connectivity index is 1.33. The van der Waals surface area contributed by atoms with Crippen molar-refractivity contribution in [3.05, 3.63) is 54.0 Å². The first-order valence-corrected chi connectivity index (χ1v) is 13.3. The number of para-hydroxylation sites is 1. The largest absolute Gasteiger partial charge is 0.480 e. The highest BCUT2D eigenvalue weighted by molar-refractivity contribution is 5.90. The number of aliphatic carboxylic acids is 1. The van der Waals surface area contributed by atoms with Crippen LogP contribution in [0.1, 0.15) is 36.9 Å². The molecule has 38 heavy (non-hydrogen) atoms. The molecule has 3 aromatic rings. The molecule has 1 aliphatic heterocycles. The number of carboxylic acid groups (broad SMARTS) is 1. The Morgan fingerprint density at radius 3 is 2.89 bits per heavy atom. The highest BCUT2D eigenvalue weighted by atomic mass is 19.1. The van der Waals surface area contributed by atoms with Gasteiger partial charge in [-0.05, 0) is 68.8 Å². The van der Waals surface area contributed by atoms with Crippen LogP contribution < -0.4 is 10.6 Å². The lowest BCUT2D eigenvalue weighted by Crippen LogP contribution is -2.39. The molecule has 4 rings (SSSR count). The van der Waals surface area contributed by atoms with E-state index < -0.39 is 24.8 Å². The van der Waals surface area contributed by atoms with E-state index >= 15 is 0 Å². The number of alkyl halides is 1. The number of aromatic nitrogens is 3. The fourth-order valence-corrected chi connectivity index (χ4v) is 4.77. The van der Waals surface area contributed by atoms with Crippen molar-refractivity contribution < 1.29 is 19.0 Å². The van der Waals surface area contributed by atoms with E-state index in [9.17, 15) is 14.3 Å². The van der Waals surface area contributed by atoms with Gasteiger partial charge in [0.1, 0.15) is 30.7 Å². The molecule has 0 spiro atoms. The third-order valence-corrected chi connectivity index (χ3v) is 6.96. The highest BCUT2D eigenvalue weighted by Gasteiger charge is 2.22. The van der Waals surface area contributed by atoms with Crippen molar-refractivity contribution in [2.24, 2.45) is 0 Å². The summed E-state index contributed by atoms with van der Waals surface area (Å²) in [6, 6.07) is 10.9. The Morgan fingerprint density at radius 1 is 1.21 bits per heavy atom. The third kappa shape index (κ3) is 7.58. The van der Waals surface area contributed by atoms with Gasteiger partial charge in [0.15, 0.2) is 0 Å². The molecule has 2 aromatic heterocycles. The number of nitrogens with one attached hydrogen (secondary N) is 2. The Bertz CT molecular complexity index is 1190. The summed E-state index contributed by atoms with van der Waals surface area (Å²) in [5.74, 6) is 0.526. The molecule has 1 aromatic carbocycles. The zero-order chi connectivity index (χ0) is 26.7. The number of unbranched alkanes of at least 4 members (excludes halogenated alkanes) is 1. The summed E-state index contributed by atoms with van der Waals surface area (Å²) in [4.78, 5) is 27.4. The average Bonchev–Trinajstić information content (AvgIpc) is 2.95. The number of ether oxygens (including phenoxy) is 1. The van der Waals surface area contributed by atoms with Crippen molar-refractivity contribution in [3.8, 4) is 0 Å². The standard InChI is InChI=1S/C28H37FN6O3/c1-38-22(17-29)18-35(15-5-4-8-21-12-11-20-7-6-14-30-26(20)33-21)16-13-25(28(36)37)34-27-23-9-2-3-10-24(23)31-19-32-27/h2-3,9-12,19,22,25H,4-8,13-18H2,1H3,(H,30,33)(H,36,37)(H,31,32,34)/t22-,25+/m1/s1. The molecule has 0 bridgehead atoms. The van der Waals surface area contributed by atoms with Gasteiger partial charge in [0.2, 0.25) is 0 Å². The minimum atomic E-state index is -0.964. The molecular formula is C28H37FN6O3. The van der Waals surface area contributed by atoms with E-state index in [0.717, 1.165) is 61.1 Å². The Labute approximate surface area is 222 Å². The Hall–Kier alpha value is -3.37. The highest BCUT2D eigenvalue weighted by Crippen LogP contribution is 2.21. The smallest absolute Gasteiger partial charge is 0.326 e. The average molecular weight is 525 g/mol. The summed E-state index contributed by atoms with van der Waals surface area (Å²) in [5.41, 5.74) is 3.08. The van der Waals surface area contributed by atoms with Crippen molar-refractivity contribution in [2.75, 3.05) is 50.6 Å². The number of halogens is 1. The number of methoxy groups -OCH3 is 1. The third-order valence-electron chi connectivity index (χ3n) is 6.96. The summed E-state index contributed by atoms with van der Waals surface area (Å²) >= 11 is 0. The summed E-state index contributed by atoms with van der Waals surface area (Å²) in [6.07, 6.45) is 6.09. The van der Waals surface area contributed by atoms with E-state index in [4.69, 9.17) is 9.72 Å². The van der Waals surface area contributed by atoms with Crippen molar-refractivity contribution >= 4 is 28.5 Å². The molecule has 0 radical (unpaired) electrons. The van der Waals surface area contributed by atoms with Gasteiger partial charge in [-0.1, -0.05) is 18.2 Å².